The molecule has 0 spiro atoms. The standard InChI is InChI=1S/C16H23F2N3O/c1-12(11-21-7-5-20(2)6-8-21)10-19-16(22)14-9-13(17)3-4-15(14)18/h3-4,9,12H,5-8,10-11H2,1-2H3,(H,19,22). The van der Waals surface area contributed by atoms with E-state index in [1.54, 1.807) is 0 Å². The third-order valence-electron chi connectivity index (χ3n) is 3.95. The second kappa shape index (κ2) is 7.65. The number of likely N-dealkylation sites (N-methyl/N-ethyl adjacent to an activating group) is 1. The number of benzene rings is 1. The minimum atomic E-state index is -0.703. The fraction of sp³-hybridized carbons (Fsp3) is 0.562. The van der Waals surface area contributed by atoms with Gasteiger partial charge in [0.2, 0.25) is 0 Å². The van der Waals surface area contributed by atoms with Gasteiger partial charge >= 0.3 is 0 Å². The van der Waals surface area contributed by atoms with Gasteiger partial charge in [-0.2, -0.15) is 0 Å². The van der Waals surface area contributed by atoms with Crippen molar-refractivity contribution in [3.63, 3.8) is 0 Å². The molecule has 1 N–H and O–H groups in total. The topological polar surface area (TPSA) is 35.6 Å². The Morgan fingerprint density at radius 1 is 1.27 bits per heavy atom. The molecule has 22 heavy (non-hydrogen) atoms. The van der Waals surface area contributed by atoms with Crippen LogP contribution < -0.4 is 5.32 Å². The molecule has 0 aromatic heterocycles. The summed E-state index contributed by atoms with van der Waals surface area (Å²) in [7, 11) is 2.11. The molecular weight excluding hydrogens is 288 g/mol. The summed E-state index contributed by atoms with van der Waals surface area (Å²) in [6.07, 6.45) is 0. The lowest BCUT2D eigenvalue weighted by Crippen LogP contribution is -2.46. The Balaban J connectivity index is 1.79. The first-order valence-electron chi connectivity index (χ1n) is 7.60. The molecule has 1 aromatic rings. The molecule has 1 saturated heterocycles. The maximum Gasteiger partial charge on any atom is 0.254 e. The first-order chi connectivity index (χ1) is 10.5. The highest BCUT2D eigenvalue weighted by atomic mass is 19.1. The fourth-order valence-electron chi connectivity index (χ4n) is 2.57. The van der Waals surface area contributed by atoms with Crippen LogP contribution in [0.25, 0.3) is 0 Å². The van der Waals surface area contributed by atoms with Crippen LogP contribution in [0.2, 0.25) is 0 Å². The molecule has 1 heterocycles. The van der Waals surface area contributed by atoms with Crippen molar-refractivity contribution < 1.29 is 13.6 Å². The number of nitrogens with zero attached hydrogens (tertiary/aromatic N) is 2. The van der Waals surface area contributed by atoms with Crippen molar-refractivity contribution in [3.05, 3.63) is 35.4 Å². The quantitative estimate of drug-likeness (QED) is 0.897. The van der Waals surface area contributed by atoms with Crippen LogP contribution >= 0.6 is 0 Å². The lowest BCUT2D eigenvalue weighted by atomic mass is 10.1. The van der Waals surface area contributed by atoms with Gasteiger partial charge in [0, 0.05) is 39.3 Å². The maximum absolute atomic E-state index is 13.5. The van der Waals surface area contributed by atoms with Gasteiger partial charge in [0.05, 0.1) is 5.56 Å². The molecule has 2 rings (SSSR count). The van der Waals surface area contributed by atoms with Crippen LogP contribution in [0.5, 0.6) is 0 Å². The average Bonchev–Trinajstić information content (AvgIpc) is 2.49. The number of hydrogen-bond acceptors (Lipinski definition) is 3. The van der Waals surface area contributed by atoms with Gasteiger partial charge in [-0.15, -0.1) is 0 Å². The van der Waals surface area contributed by atoms with Gasteiger partial charge in [-0.1, -0.05) is 6.92 Å². The second-order valence-electron chi connectivity index (χ2n) is 6.04. The fourth-order valence-corrected chi connectivity index (χ4v) is 2.57. The molecule has 1 aliphatic heterocycles. The Morgan fingerprint density at radius 2 is 1.95 bits per heavy atom. The zero-order chi connectivity index (χ0) is 16.1. The number of carbonyl (C=O) groups is 1. The van der Waals surface area contributed by atoms with E-state index in [1.807, 2.05) is 6.92 Å². The molecular formula is C16H23F2N3O. The minimum Gasteiger partial charge on any atom is -0.352 e. The Kier molecular flexibility index (Phi) is 5.85. The van der Waals surface area contributed by atoms with Gasteiger partial charge in [0.15, 0.2) is 0 Å². The van der Waals surface area contributed by atoms with Gasteiger partial charge in [-0.3, -0.25) is 4.79 Å². The first-order valence-corrected chi connectivity index (χ1v) is 7.60. The van der Waals surface area contributed by atoms with E-state index in [0.717, 1.165) is 50.9 Å². The summed E-state index contributed by atoms with van der Waals surface area (Å²) in [6, 6.07) is 2.90. The van der Waals surface area contributed by atoms with Crippen molar-refractivity contribution in [2.75, 3.05) is 46.3 Å². The molecule has 6 heteroatoms. The molecule has 1 fully saturated rings. The predicted molar refractivity (Wildman–Crippen MR) is 81.8 cm³/mol. The van der Waals surface area contributed by atoms with Crippen molar-refractivity contribution in [3.8, 4) is 0 Å². The molecule has 1 aromatic carbocycles. The number of carbonyl (C=O) groups excluding carboxylic acids is 1. The van der Waals surface area contributed by atoms with Crippen LogP contribution in [-0.4, -0.2) is 62.0 Å². The van der Waals surface area contributed by atoms with E-state index < -0.39 is 17.5 Å². The summed E-state index contributed by atoms with van der Waals surface area (Å²) >= 11 is 0. The molecule has 1 unspecified atom stereocenters. The molecule has 0 aliphatic carbocycles. The van der Waals surface area contributed by atoms with Gasteiger partial charge in [0.1, 0.15) is 11.6 Å². The molecule has 0 saturated carbocycles. The first kappa shape index (κ1) is 16.8. The van der Waals surface area contributed by atoms with Gasteiger partial charge in [0.25, 0.3) is 5.91 Å². The van der Waals surface area contributed by atoms with E-state index in [4.69, 9.17) is 0 Å². The molecule has 122 valence electrons. The van der Waals surface area contributed by atoms with E-state index in [1.165, 1.54) is 0 Å². The zero-order valence-electron chi connectivity index (χ0n) is 13.1. The summed E-state index contributed by atoms with van der Waals surface area (Å²) in [6.45, 7) is 7.52. The largest absolute Gasteiger partial charge is 0.352 e. The van der Waals surface area contributed by atoms with E-state index in [-0.39, 0.29) is 11.5 Å². The minimum absolute atomic E-state index is 0.244. The van der Waals surface area contributed by atoms with E-state index >= 15 is 0 Å². The third kappa shape index (κ3) is 4.74. The SMILES string of the molecule is CC(CNC(=O)c1cc(F)ccc1F)CN1CCN(C)CC1. The summed E-state index contributed by atoms with van der Waals surface area (Å²) in [5.41, 5.74) is -0.244. The lowest BCUT2D eigenvalue weighted by Gasteiger charge is -2.33. The number of nitrogens with one attached hydrogen (secondary N) is 1. The highest BCUT2D eigenvalue weighted by Gasteiger charge is 2.17. The number of rotatable bonds is 5. The van der Waals surface area contributed by atoms with Crippen molar-refractivity contribution in [1.29, 1.82) is 0 Å². The highest BCUT2D eigenvalue weighted by Crippen LogP contribution is 2.10. The van der Waals surface area contributed by atoms with Crippen LogP contribution in [0.3, 0.4) is 0 Å². The van der Waals surface area contributed by atoms with Crippen LogP contribution in [-0.2, 0) is 0 Å². The molecule has 0 bridgehead atoms. The van der Waals surface area contributed by atoms with Crippen LogP contribution in [0.15, 0.2) is 18.2 Å². The Bertz CT molecular complexity index is 516. The van der Waals surface area contributed by atoms with Crippen LogP contribution in [0.4, 0.5) is 8.78 Å². The molecule has 4 nitrogen and oxygen atoms in total. The summed E-state index contributed by atoms with van der Waals surface area (Å²) < 4.78 is 26.6. The molecule has 1 atom stereocenters. The number of halogens is 2. The van der Waals surface area contributed by atoms with Gasteiger partial charge in [-0.05, 0) is 31.2 Å². The van der Waals surface area contributed by atoms with Crippen LogP contribution in [0.1, 0.15) is 17.3 Å². The highest BCUT2D eigenvalue weighted by molar-refractivity contribution is 5.94. The number of piperazine rings is 1. The maximum atomic E-state index is 13.5. The van der Waals surface area contributed by atoms with Crippen molar-refractivity contribution in [2.24, 2.45) is 5.92 Å². The second-order valence-corrected chi connectivity index (χ2v) is 6.04. The van der Waals surface area contributed by atoms with Crippen molar-refractivity contribution in [1.82, 2.24) is 15.1 Å². The Hall–Kier alpha value is -1.53. The van der Waals surface area contributed by atoms with E-state index in [0.29, 0.717) is 6.54 Å². The lowest BCUT2D eigenvalue weighted by molar-refractivity contribution is 0.0933. The number of amides is 1. The van der Waals surface area contributed by atoms with Crippen molar-refractivity contribution >= 4 is 5.91 Å². The monoisotopic (exact) mass is 311 g/mol. The van der Waals surface area contributed by atoms with Crippen molar-refractivity contribution in [2.45, 2.75) is 6.92 Å². The average molecular weight is 311 g/mol. The smallest absolute Gasteiger partial charge is 0.254 e. The summed E-state index contributed by atoms with van der Waals surface area (Å²) in [4.78, 5) is 16.6. The number of hydrogen-bond donors (Lipinski definition) is 1. The normalized spacial score (nSPS) is 18.2. The Morgan fingerprint density at radius 3 is 2.64 bits per heavy atom. The zero-order valence-corrected chi connectivity index (χ0v) is 13.1. The van der Waals surface area contributed by atoms with Gasteiger partial charge < -0.3 is 15.1 Å². The third-order valence-corrected chi connectivity index (χ3v) is 3.95. The Labute approximate surface area is 130 Å². The van der Waals surface area contributed by atoms with Gasteiger partial charge in [-0.25, -0.2) is 8.78 Å². The van der Waals surface area contributed by atoms with Crippen LogP contribution in [0, 0.1) is 17.6 Å². The predicted octanol–water partition coefficient (Wildman–Crippen LogP) is 1.58. The van der Waals surface area contributed by atoms with E-state index in [9.17, 15) is 13.6 Å². The molecule has 1 amide bonds. The molecule has 0 radical (unpaired) electrons. The summed E-state index contributed by atoms with van der Waals surface area (Å²) in [5.74, 6) is -1.63. The summed E-state index contributed by atoms with van der Waals surface area (Å²) in [5, 5.41) is 2.68. The van der Waals surface area contributed by atoms with E-state index in [2.05, 4.69) is 22.2 Å². The molecule has 1 aliphatic rings.